The zero-order valence-corrected chi connectivity index (χ0v) is 18.0. The highest BCUT2D eigenvalue weighted by Gasteiger charge is 2.75. The van der Waals surface area contributed by atoms with Crippen LogP contribution < -0.4 is 0 Å². The Kier molecular flexibility index (Phi) is 4.66. The molecular weight excluding hydrogens is 408 g/mol. The number of rotatable bonds is 5. The third-order valence-electron chi connectivity index (χ3n) is 7.39. The van der Waals surface area contributed by atoms with Gasteiger partial charge in [-0.25, -0.2) is 13.2 Å². The van der Waals surface area contributed by atoms with Crippen LogP contribution in [0, 0.1) is 24.7 Å². The number of piperidine rings is 1. The molecule has 0 saturated carbocycles. The Hall–Kier alpha value is -1.68. The van der Waals surface area contributed by atoms with E-state index in [4.69, 9.17) is 9.47 Å². The number of carbonyl (C=O) groups is 1. The molecule has 4 aliphatic rings. The van der Waals surface area contributed by atoms with Crippen LogP contribution in [0.3, 0.4) is 0 Å². The Balaban J connectivity index is 1.54. The van der Waals surface area contributed by atoms with Crippen molar-refractivity contribution in [1.29, 1.82) is 0 Å². The first kappa shape index (κ1) is 20.2. The molecule has 4 aliphatic heterocycles. The Morgan fingerprint density at radius 3 is 2.73 bits per heavy atom. The van der Waals surface area contributed by atoms with Crippen LogP contribution in [0.25, 0.3) is 0 Å². The summed E-state index contributed by atoms with van der Waals surface area (Å²) < 4.78 is 40.1. The van der Waals surface area contributed by atoms with Crippen molar-refractivity contribution in [3.8, 4) is 0 Å². The molecule has 1 amide bonds. The topological polar surface area (TPSA) is 96.4 Å². The predicted molar refractivity (Wildman–Crippen MR) is 107 cm³/mol. The van der Waals surface area contributed by atoms with Gasteiger partial charge in [0.1, 0.15) is 5.54 Å². The Morgan fingerprint density at radius 2 is 2.03 bits per heavy atom. The first-order valence-electron chi connectivity index (χ1n) is 10.6. The molecule has 1 unspecified atom stereocenters. The van der Waals surface area contributed by atoms with Crippen molar-refractivity contribution in [2.45, 2.75) is 49.5 Å². The molecule has 164 valence electrons. The fraction of sp³-hybridized carbons (Fsp3) is 0.667. The van der Waals surface area contributed by atoms with Crippen molar-refractivity contribution in [2.75, 3.05) is 26.3 Å². The summed E-state index contributed by atoms with van der Waals surface area (Å²) in [6, 6.07) is 6.81. The summed E-state index contributed by atoms with van der Waals surface area (Å²) in [5.74, 6) is 0.395. The molecule has 1 spiro atoms. The number of aliphatic hydroxyl groups excluding tert-OH is 1. The highest BCUT2D eigenvalue weighted by atomic mass is 32.2. The van der Waals surface area contributed by atoms with Gasteiger partial charge in [-0.3, -0.25) is 4.90 Å². The Labute approximate surface area is 176 Å². The lowest BCUT2D eigenvalue weighted by atomic mass is 9.70. The molecule has 5 rings (SSSR count). The van der Waals surface area contributed by atoms with E-state index >= 15 is 0 Å². The van der Waals surface area contributed by atoms with Gasteiger partial charge in [-0.2, -0.15) is 4.31 Å². The number of nitrogens with zero attached hydrogens (tertiary/aromatic N) is 2. The zero-order valence-electron chi connectivity index (χ0n) is 17.2. The van der Waals surface area contributed by atoms with E-state index in [2.05, 4.69) is 0 Å². The fourth-order valence-corrected chi connectivity index (χ4v) is 7.64. The van der Waals surface area contributed by atoms with Crippen molar-refractivity contribution in [1.82, 2.24) is 9.21 Å². The van der Waals surface area contributed by atoms with E-state index < -0.39 is 27.9 Å². The summed E-state index contributed by atoms with van der Waals surface area (Å²) in [5.41, 5.74) is 0.202. The maximum Gasteiger partial charge on any atom is 0.410 e. The molecule has 4 saturated heterocycles. The largest absolute Gasteiger partial charge is 0.441 e. The van der Waals surface area contributed by atoms with Crippen LogP contribution in [0.2, 0.25) is 0 Å². The molecule has 0 aromatic heterocycles. The summed E-state index contributed by atoms with van der Waals surface area (Å²) in [6.45, 7) is 5.06. The Morgan fingerprint density at radius 1 is 1.30 bits per heavy atom. The lowest BCUT2D eigenvalue weighted by Gasteiger charge is -2.47. The molecule has 0 radical (unpaired) electrons. The van der Waals surface area contributed by atoms with Gasteiger partial charge in [-0.1, -0.05) is 24.6 Å². The number of benzene rings is 1. The second-order valence-corrected chi connectivity index (χ2v) is 11.1. The van der Waals surface area contributed by atoms with Crippen LogP contribution >= 0.6 is 0 Å². The first-order chi connectivity index (χ1) is 14.3. The summed E-state index contributed by atoms with van der Waals surface area (Å²) in [6.07, 6.45) is -0.181. The van der Waals surface area contributed by atoms with Gasteiger partial charge in [0.05, 0.1) is 11.5 Å². The highest BCUT2D eigenvalue weighted by molar-refractivity contribution is 7.89. The summed E-state index contributed by atoms with van der Waals surface area (Å²) in [5, 5.41) is 9.54. The molecule has 8 nitrogen and oxygen atoms in total. The number of hydrogen-bond donors (Lipinski definition) is 1. The van der Waals surface area contributed by atoms with E-state index in [0.29, 0.717) is 19.5 Å². The van der Waals surface area contributed by atoms with Crippen molar-refractivity contribution in [2.24, 2.45) is 17.8 Å². The second kappa shape index (κ2) is 6.91. The average molecular weight is 437 g/mol. The van der Waals surface area contributed by atoms with E-state index in [9.17, 15) is 18.3 Å². The molecular formula is C21H28N2O6S. The Bertz CT molecular complexity index is 951. The molecule has 0 bridgehead atoms. The number of carbonyl (C=O) groups excluding carboxylic acids is 1. The minimum atomic E-state index is -3.78. The van der Waals surface area contributed by atoms with Gasteiger partial charge < -0.3 is 14.6 Å². The lowest BCUT2D eigenvalue weighted by molar-refractivity contribution is -0.0744. The van der Waals surface area contributed by atoms with Crippen LogP contribution in [0.4, 0.5) is 4.79 Å². The molecule has 0 aliphatic carbocycles. The number of aliphatic hydroxyl groups is 1. The number of hydrogen-bond acceptors (Lipinski definition) is 6. The predicted octanol–water partition coefficient (Wildman–Crippen LogP) is 1.57. The van der Waals surface area contributed by atoms with Crippen LogP contribution in [0.15, 0.2) is 29.2 Å². The third-order valence-corrected chi connectivity index (χ3v) is 9.25. The molecule has 1 N–H and O–H groups in total. The van der Waals surface area contributed by atoms with Crippen molar-refractivity contribution >= 4 is 16.1 Å². The van der Waals surface area contributed by atoms with Crippen molar-refractivity contribution in [3.05, 3.63) is 29.8 Å². The van der Waals surface area contributed by atoms with Crippen molar-refractivity contribution in [3.63, 3.8) is 0 Å². The van der Waals surface area contributed by atoms with Crippen LogP contribution in [-0.2, 0) is 19.5 Å². The van der Waals surface area contributed by atoms with Gasteiger partial charge in [-0.05, 0) is 49.7 Å². The quantitative estimate of drug-likeness (QED) is 0.753. The van der Waals surface area contributed by atoms with Crippen LogP contribution in [0.5, 0.6) is 0 Å². The van der Waals surface area contributed by atoms with Gasteiger partial charge in [0.15, 0.2) is 12.3 Å². The summed E-state index contributed by atoms with van der Waals surface area (Å²) in [7, 11) is -3.78. The maximum absolute atomic E-state index is 13.5. The van der Waals surface area contributed by atoms with Gasteiger partial charge in [-0.15, -0.1) is 0 Å². The number of aryl methyl sites for hydroxylation is 1. The van der Waals surface area contributed by atoms with Gasteiger partial charge >= 0.3 is 6.09 Å². The molecule has 4 heterocycles. The number of sulfonamides is 1. The smallest absolute Gasteiger partial charge is 0.410 e. The third kappa shape index (κ3) is 2.62. The molecule has 1 aromatic carbocycles. The first-order valence-corrected chi connectivity index (χ1v) is 12.0. The van der Waals surface area contributed by atoms with Gasteiger partial charge in [0, 0.05) is 19.7 Å². The molecule has 30 heavy (non-hydrogen) atoms. The highest BCUT2D eigenvalue weighted by Crippen LogP contribution is 2.58. The van der Waals surface area contributed by atoms with E-state index in [1.54, 1.807) is 29.2 Å². The molecule has 1 aromatic rings. The molecule has 9 heteroatoms. The van der Waals surface area contributed by atoms with Crippen molar-refractivity contribution < 1.29 is 27.8 Å². The SMILES string of the molecule is Cc1ccc(S(=O)(=O)N2CC[C@H]3[C@@H](CC(C)CO)CN4C(=O)O[C@H]5CO[C@H]2[C@@]534)cc1. The standard InChI is InChI=1S/C21H28N2O6S/c1-13-3-5-16(6-4-13)30(26,27)23-8-7-17-15(9-14(2)11-24)10-22-20(25)29-18-12-28-19(23)21(17,18)22/h3-6,14-15,17-19,24H,7-12H2,1-2H3/t14?,15-,17-,18-,19-,21-/m0/s1. The monoisotopic (exact) mass is 436 g/mol. The minimum absolute atomic E-state index is 0.0833. The summed E-state index contributed by atoms with van der Waals surface area (Å²) >= 11 is 0. The number of amides is 1. The van der Waals surface area contributed by atoms with E-state index in [-0.39, 0.29) is 42.0 Å². The summed E-state index contributed by atoms with van der Waals surface area (Å²) in [4.78, 5) is 14.7. The molecule has 6 atom stereocenters. The van der Waals surface area contributed by atoms with Crippen LogP contribution in [-0.4, -0.2) is 73.0 Å². The van der Waals surface area contributed by atoms with Gasteiger partial charge in [0.2, 0.25) is 10.0 Å². The van der Waals surface area contributed by atoms with Gasteiger partial charge in [0.25, 0.3) is 0 Å². The van der Waals surface area contributed by atoms with Crippen LogP contribution in [0.1, 0.15) is 25.3 Å². The van der Waals surface area contributed by atoms with E-state index in [1.807, 2.05) is 13.8 Å². The lowest BCUT2D eigenvalue weighted by Crippen LogP contribution is -2.66. The van der Waals surface area contributed by atoms with E-state index in [0.717, 1.165) is 12.0 Å². The minimum Gasteiger partial charge on any atom is -0.441 e. The average Bonchev–Trinajstić information content (AvgIpc) is 3.33. The maximum atomic E-state index is 13.5. The zero-order chi connectivity index (χ0) is 21.3. The van der Waals surface area contributed by atoms with E-state index in [1.165, 1.54) is 4.31 Å². The number of ether oxygens (including phenoxy) is 2. The second-order valence-electron chi connectivity index (χ2n) is 9.16. The fourth-order valence-electron chi connectivity index (χ4n) is 6.06. The molecule has 4 fully saturated rings. The normalized spacial score (nSPS) is 36.5.